The number of rotatable bonds is 6. The molecule has 3 heterocycles. The highest BCUT2D eigenvalue weighted by Crippen LogP contribution is 2.34. The first-order chi connectivity index (χ1) is 18.2. The maximum absolute atomic E-state index is 13.0. The Hall–Kier alpha value is -4.34. The van der Waals surface area contributed by atoms with Crippen molar-refractivity contribution in [3.63, 3.8) is 0 Å². The Balaban J connectivity index is 1.29. The average molecular weight is 521 g/mol. The molecular formula is C28H27F3N6O. The molecule has 0 spiro atoms. The summed E-state index contributed by atoms with van der Waals surface area (Å²) >= 11 is 0. The first-order valence-corrected chi connectivity index (χ1v) is 12.2. The number of aryl methyl sites for hydroxylation is 2. The molecule has 1 aliphatic heterocycles. The van der Waals surface area contributed by atoms with Gasteiger partial charge in [-0.15, -0.1) is 0 Å². The molecule has 0 radical (unpaired) electrons. The molecule has 2 aromatic heterocycles. The van der Waals surface area contributed by atoms with E-state index in [2.05, 4.69) is 25.6 Å². The number of alkyl halides is 3. The molecule has 1 saturated heterocycles. The molecular weight excluding hydrogens is 493 g/mol. The van der Waals surface area contributed by atoms with Crippen molar-refractivity contribution >= 4 is 28.7 Å². The van der Waals surface area contributed by atoms with Crippen molar-refractivity contribution in [2.75, 3.05) is 28.6 Å². The normalized spacial score (nSPS) is 15.5. The molecule has 0 bridgehead atoms. The fourth-order valence-corrected chi connectivity index (χ4v) is 4.77. The molecule has 0 aliphatic carbocycles. The van der Waals surface area contributed by atoms with Gasteiger partial charge in [0.1, 0.15) is 0 Å². The minimum Gasteiger partial charge on any atom is -0.370 e. The van der Waals surface area contributed by atoms with Crippen molar-refractivity contribution in [2.24, 2.45) is 7.05 Å². The summed E-state index contributed by atoms with van der Waals surface area (Å²) in [7, 11) is 1.86. The molecule has 0 saturated carbocycles. The molecule has 1 atom stereocenters. The number of nitrogens with one attached hydrogen (secondary N) is 2. The number of carbonyl (C=O) groups is 1. The van der Waals surface area contributed by atoms with Gasteiger partial charge in [-0.05, 0) is 60.9 Å². The first kappa shape index (κ1) is 25.3. The summed E-state index contributed by atoms with van der Waals surface area (Å²) in [6, 6.07) is 12.1. The zero-order valence-corrected chi connectivity index (χ0v) is 21.0. The number of anilines is 4. The SMILES string of the molecule is Cc1ccc(C(=O)Nc2cccc(C(F)(F)F)c2)cc1C1CCN(c2cncc(Nc3cnn(C)c3)c2)C1. The van der Waals surface area contributed by atoms with Gasteiger partial charge < -0.3 is 15.5 Å². The van der Waals surface area contributed by atoms with Crippen LogP contribution in [0.1, 0.15) is 39.4 Å². The summed E-state index contributed by atoms with van der Waals surface area (Å²) < 4.78 is 40.9. The summed E-state index contributed by atoms with van der Waals surface area (Å²) in [5.41, 5.74) is 4.57. The Bertz CT molecular complexity index is 1460. The number of nitrogens with zero attached hydrogens (tertiary/aromatic N) is 4. The van der Waals surface area contributed by atoms with Gasteiger partial charge in [0.2, 0.25) is 0 Å². The summed E-state index contributed by atoms with van der Waals surface area (Å²) in [5, 5.41) is 10.1. The largest absolute Gasteiger partial charge is 0.416 e. The molecule has 1 amide bonds. The van der Waals surface area contributed by atoms with Gasteiger partial charge >= 0.3 is 6.18 Å². The van der Waals surface area contributed by atoms with Crippen LogP contribution in [-0.4, -0.2) is 33.8 Å². The molecule has 5 rings (SSSR count). The van der Waals surface area contributed by atoms with Crippen molar-refractivity contribution in [1.82, 2.24) is 14.8 Å². The van der Waals surface area contributed by atoms with E-state index in [9.17, 15) is 18.0 Å². The lowest BCUT2D eigenvalue weighted by atomic mass is 9.92. The van der Waals surface area contributed by atoms with Gasteiger partial charge in [0, 0.05) is 43.5 Å². The molecule has 7 nitrogen and oxygen atoms in total. The van der Waals surface area contributed by atoms with E-state index in [0.717, 1.165) is 59.8 Å². The van der Waals surface area contributed by atoms with E-state index in [0.29, 0.717) is 5.56 Å². The number of halogens is 3. The van der Waals surface area contributed by atoms with E-state index >= 15 is 0 Å². The fraction of sp³-hybridized carbons (Fsp3) is 0.250. The number of hydrogen-bond acceptors (Lipinski definition) is 5. The maximum atomic E-state index is 13.0. The van der Waals surface area contributed by atoms with Crippen LogP contribution >= 0.6 is 0 Å². The van der Waals surface area contributed by atoms with Crippen molar-refractivity contribution in [3.05, 3.63) is 95.6 Å². The van der Waals surface area contributed by atoms with Crippen LogP contribution in [0.25, 0.3) is 0 Å². The lowest BCUT2D eigenvalue weighted by molar-refractivity contribution is -0.137. The Morgan fingerprint density at radius 3 is 2.63 bits per heavy atom. The van der Waals surface area contributed by atoms with E-state index in [1.807, 2.05) is 44.6 Å². The molecule has 38 heavy (non-hydrogen) atoms. The molecule has 1 fully saturated rings. The smallest absolute Gasteiger partial charge is 0.370 e. The van der Waals surface area contributed by atoms with Crippen LogP contribution in [0, 0.1) is 6.92 Å². The number of aromatic nitrogens is 3. The molecule has 1 aliphatic rings. The van der Waals surface area contributed by atoms with Gasteiger partial charge in [-0.25, -0.2) is 0 Å². The van der Waals surface area contributed by atoms with Gasteiger partial charge in [0.05, 0.1) is 41.2 Å². The third-order valence-corrected chi connectivity index (χ3v) is 6.70. The minimum absolute atomic E-state index is 0.103. The van der Waals surface area contributed by atoms with E-state index in [4.69, 9.17) is 0 Å². The molecule has 1 unspecified atom stereocenters. The Morgan fingerprint density at radius 2 is 1.87 bits per heavy atom. The zero-order chi connectivity index (χ0) is 26.9. The van der Waals surface area contributed by atoms with Gasteiger partial charge in [-0.1, -0.05) is 12.1 Å². The van der Waals surface area contributed by atoms with Crippen LogP contribution in [0.15, 0.2) is 73.3 Å². The molecule has 2 aromatic carbocycles. The molecule has 2 N–H and O–H groups in total. The van der Waals surface area contributed by atoms with E-state index in [-0.39, 0.29) is 11.6 Å². The van der Waals surface area contributed by atoms with Gasteiger partial charge in [0.25, 0.3) is 5.91 Å². The Kier molecular flexibility index (Phi) is 6.79. The average Bonchev–Trinajstić information content (AvgIpc) is 3.53. The van der Waals surface area contributed by atoms with Crippen molar-refractivity contribution < 1.29 is 18.0 Å². The van der Waals surface area contributed by atoms with Crippen LogP contribution in [0.2, 0.25) is 0 Å². The predicted octanol–water partition coefficient (Wildman–Crippen LogP) is 6.13. The number of carbonyl (C=O) groups excluding carboxylic acids is 1. The first-order valence-electron chi connectivity index (χ1n) is 12.2. The minimum atomic E-state index is -4.48. The maximum Gasteiger partial charge on any atom is 0.416 e. The van der Waals surface area contributed by atoms with Crippen molar-refractivity contribution in [2.45, 2.75) is 25.4 Å². The zero-order valence-electron chi connectivity index (χ0n) is 21.0. The Labute approximate surface area is 218 Å². The number of pyridine rings is 1. The number of benzene rings is 2. The third-order valence-electron chi connectivity index (χ3n) is 6.70. The van der Waals surface area contributed by atoms with E-state index < -0.39 is 17.6 Å². The highest BCUT2D eigenvalue weighted by molar-refractivity contribution is 6.04. The topological polar surface area (TPSA) is 75.1 Å². The van der Waals surface area contributed by atoms with Gasteiger partial charge in [-0.3, -0.25) is 14.5 Å². The molecule has 4 aromatic rings. The molecule has 196 valence electrons. The van der Waals surface area contributed by atoms with Gasteiger partial charge in [-0.2, -0.15) is 18.3 Å². The summed E-state index contributed by atoms with van der Waals surface area (Å²) in [4.78, 5) is 19.6. The monoisotopic (exact) mass is 520 g/mol. The summed E-state index contributed by atoms with van der Waals surface area (Å²) in [6.45, 7) is 3.60. The third kappa shape index (κ3) is 5.64. The second kappa shape index (κ2) is 10.2. The summed E-state index contributed by atoms with van der Waals surface area (Å²) in [5.74, 6) is -0.245. The standard InChI is InChI=1S/C28H27F3N6O/c1-18-6-7-19(27(38)35-22-5-3-4-21(11-22)28(29,30)31)10-26(18)20-8-9-37(16-20)25-12-23(13-32-15-25)34-24-14-33-36(2)17-24/h3-7,10-15,17,20,34H,8-9,16H2,1-2H3,(H,35,38). The quantitative estimate of drug-likeness (QED) is 0.320. The second-order valence-corrected chi connectivity index (χ2v) is 9.50. The van der Waals surface area contributed by atoms with Crippen LogP contribution in [0.5, 0.6) is 0 Å². The van der Waals surface area contributed by atoms with Crippen LogP contribution < -0.4 is 15.5 Å². The van der Waals surface area contributed by atoms with Gasteiger partial charge in [0.15, 0.2) is 0 Å². The number of hydrogen-bond donors (Lipinski definition) is 2. The van der Waals surface area contributed by atoms with Crippen molar-refractivity contribution in [1.29, 1.82) is 0 Å². The summed E-state index contributed by atoms with van der Waals surface area (Å²) in [6.07, 6.45) is 3.66. The van der Waals surface area contributed by atoms with Crippen LogP contribution in [0.3, 0.4) is 0 Å². The highest BCUT2D eigenvalue weighted by atomic mass is 19.4. The predicted molar refractivity (Wildman–Crippen MR) is 141 cm³/mol. The fourth-order valence-electron chi connectivity index (χ4n) is 4.77. The van der Waals surface area contributed by atoms with Crippen LogP contribution in [-0.2, 0) is 13.2 Å². The molecule has 10 heteroatoms. The van der Waals surface area contributed by atoms with E-state index in [1.165, 1.54) is 12.1 Å². The number of amides is 1. The lowest BCUT2D eigenvalue weighted by Crippen LogP contribution is -2.20. The van der Waals surface area contributed by atoms with E-state index in [1.54, 1.807) is 23.1 Å². The highest BCUT2D eigenvalue weighted by Gasteiger charge is 2.31. The lowest BCUT2D eigenvalue weighted by Gasteiger charge is -2.20. The second-order valence-electron chi connectivity index (χ2n) is 9.50. The Morgan fingerprint density at radius 1 is 1.03 bits per heavy atom. The van der Waals surface area contributed by atoms with Crippen molar-refractivity contribution in [3.8, 4) is 0 Å². The van der Waals surface area contributed by atoms with Crippen LogP contribution in [0.4, 0.5) is 35.9 Å².